The molecule has 1 atom stereocenters. The molecule has 37 heavy (non-hydrogen) atoms. The van der Waals surface area contributed by atoms with Crippen molar-refractivity contribution in [1.29, 1.82) is 0 Å². The fourth-order valence-corrected chi connectivity index (χ4v) is 4.90. The van der Waals surface area contributed by atoms with Gasteiger partial charge in [0.15, 0.2) is 17.3 Å². The number of rotatable bonds is 8. The molecular weight excluding hydrogens is 491 g/mol. The molecule has 1 unspecified atom stereocenters. The van der Waals surface area contributed by atoms with Crippen LogP contribution in [0, 0.1) is 23.4 Å². The number of aliphatic hydroxyl groups is 1. The van der Waals surface area contributed by atoms with Crippen LogP contribution in [0.2, 0.25) is 0 Å². The third kappa shape index (κ3) is 5.47. The van der Waals surface area contributed by atoms with Crippen molar-refractivity contribution in [3.8, 4) is 0 Å². The van der Waals surface area contributed by atoms with Crippen LogP contribution in [0.3, 0.4) is 0 Å². The van der Waals surface area contributed by atoms with E-state index < -0.39 is 23.1 Å². The molecule has 3 aromatic rings. The SMILES string of the molecule is O=C(NCCO)[C@H]1CC[C@H](Nc2ncc3nc(Nc4c(F)cc(F)cc4F)n(C4CCOC4)c3n2)CC1. The predicted molar refractivity (Wildman–Crippen MR) is 129 cm³/mol. The van der Waals surface area contributed by atoms with Crippen LogP contribution in [-0.4, -0.2) is 62.9 Å². The van der Waals surface area contributed by atoms with E-state index in [9.17, 15) is 18.0 Å². The number of aromatic nitrogens is 4. The molecule has 3 heterocycles. The summed E-state index contributed by atoms with van der Waals surface area (Å²) in [6.07, 6.45) is 5.11. The van der Waals surface area contributed by atoms with Gasteiger partial charge in [-0.15, -0.1) is 0 Å². The summed E-state index contributed by atoms with van der Waals surface area (Å²) in [5.74, 6) is -2.76. The number of carbonyl (C=O) groups is 1. The monoisotopic (exact) mass is 519 g/mol. The number of halogens is 3. The minimum Gasteiger partial charge on any atom is -0.395 e. The zero-order chi connectivity index (χ0) is 25.9. The van der Waals surface area contributed by atoms with Crippen LogP contribution in [0.15, 0.2) is 18.3 Å². The average molecular weight is 520 g/mol. The molecule has 13 heteroatoms. The van der Waals surface area contributed by atoms with E-state index in [1.54, 1.807) is 4.57 Å². The Kier molecular flexibility index (Phi) is 7.42. The van der Waals surface area contributed by atoms with Crippen LogP contribution in [0.4, 0.5) is 30.8 Å². The first-order chi connectivity index (χ1) is 17.9. The largest absolute Gasteiger partial charge is 0.395 e. The molecule has 2 aromatic heterocycles. The summed E-state index contributed by atoms with van der Waals surface area (Å²) in [5.41, 5.74) is 0.380. The third-order valence-corrected chi connectivity index (χ3v) is 6.79. The van der Waals surface area contributed by atoms with Gasteiger partial charge in [-0.2, -0.15) is 4.98 Å². The number of carbonyl (C=O) groups excluding carboxylic acids is 1. The molecule has 1 saturated carbocycles. The highest BCUT2D eigenvalue weighted by atomic mass is 19.1. The Bertz CT molecular complexity index is 1250. The van der Waals surface area contributed by atoms with Crippen molar-refractivity contribution in [1.82, 2.24) is 24.8 Å². The van der Waals surface area contributed by atoms with Gasteiger partial charge >= 0.3 is 0 Å². The molecule has 2 fully saturated rings. The minimum absolute atomic E-state index is 0.0399. The van der Waals surface area contributed by atoms with Gasteiger partial charge in [-0.3, -0.25) is 9.36 Å². The second kappa shape index (κ2) is 10.9. The van der Waals surface area contributed by atoms with Crippen LogP contribution in [-0.2, 0) is 9.53 Å². The van der Waals surface area contributed by atoms with E-state index >= 15 is 0 Å². The van der Waals surface area contributed by atoms with Gasteiger partial charge < -0.3 is 25.8 Å². The molecule has 1 saturated heterocycles. The van der Waals surface area contributed by atoms with Crippen LogP contribution in [0.5, 0.6) is 0 Å². The molecule has 2 aliphatic rings. The Morgan fingerprint density at radius 3 is 2.54 bits per heavy atom. The van der Waals surface area contributed by atoms with E-state index in [4.69, 9.17) is 9.84 Å². The number of nitrogens with zero attached hydrogens (tertiary/aromatic N) is 4. The fourth-order valence-electron chi connectivity index (χ4n) is 4.90. The van der Waals surface area contributed by atoms with Crippen LogP contribution >= 0.6 is 0 Å². The summed E-state index contributed by atoms with van der Waals surface area (Å²) in [7, 11) is 0. The van der Waals surface area contributed by atoms with E-state index in [0.29, 0.717) is 61.7 Å². The van der Waals surface area contributed by atoms with Gasteiger partial charge in [-0.25, -0.2) is 23.1 Å². The molecule has 5 rings (SSSR count). The zero-order valence-corrected chi connectivity index (χ0v) is 20.0. The standard InChI is InChI=1S/C24H28F3N7O3/c25-14-9-17(26)20(18(27)10-14)32-24-31-19-11-29-23(33-21(19)34(24)16-5-8-37-12-16)30-15-3-1-13(2-4-15)22(36)28-6-7-35/h9-11,13,15-16,35H,1-8,12H2,(H,28,36)(H,31,32)(H,29,30,33)/t13-,15-,16?. The van der Waals surface area contributed by atoms with Gasteiger partial charge in [0.25, 0.3) is 0 Å². The number of hydrogen-bond acceptors (Lipinski definition) is 8. The highest BCUT2D eigenvalue weighted by molar-refractivity contribution is 5.79. The van der Waals surface area contributed by atoms with E-state index in [2.05, 4.69) is 30.9 Å². The number of benzene rings is 1. The third-order valence-electron chi connectivity index (χ3n) is 6.79. The van der Waals surface area contributed by atoms with Gasteiger partial charge in [0.2, 0.25) is 17.8 Å². The maximum Gasteiger partial charge on any atom is 0.224 e. The maximum absolute atomic E-state index is 14.3. The van der Waals surface area contributed by atoms with Gasteiger partial charge in [-0.1, -0.05) is 0 Å². The molecule has 198 valence electrons. The number of imidazole rings is 1. The Balaban J connectivity index is 1.37. The van der Waals surface area contributed by atoms with Gasteiger partial charge in [-0.05, 0) is 32.1 Å². The molecule has 4 N–H and O–H groups in total. The summed E-state index contributed by atoms with van der Waals surface area (Å²) >= 11 is 0. The first-order valence-electron chi connectivity index (χ1n) is 12.3. The van der Waals surface area contributed by atoms with E-state index in [0.717, 1.165) is 12.8 Å². The summed E-state index contributed by atoms with van der Waals surface area (Å²) in [6, 6.07) is 1.11. The smallest absolute Gasteiger partial charge is 0.224 e. The number of anilines is 3. The minimum atomic E-state index is -1.08. The quantitative estimate of drug-likeness (QED) is 0.358. The number of hydrogen-bond donors (Lipinski definition) is 4. The van der Waals surface area contributed by atoms with E-state index in [1.807, 2.05) is 0 Å². The lowest BCUT2D eigenvalue weighted by molar-refractivity contribution is -0.126. The molecular formula is C24H28F3N7O3. The van der Waals surface area contributed by atoms with Crippen LogP contribution < -0.4 is 16.0 Å². The van der Waals surface area contributed by atoms with E-state index in [1.165, 1.54) is 6.20 Å². The number of ether oxygens (including phenoxy) is 1. The van der Waals surface area contributed by atoms with Gasteiger partial charge in [0.05, 0.1) is 25.5 Å². The predicted octanol–water partition coefficient (Wildman–Crippen LogP) is 3.03. The Labute approximate surface area is 210 Å². The highest BCUT2D eigenvalue weighted by Gasteiger charge is 2.28. The molecule has 0 radical (unpaired) electrons. The zero-order valence-electron chi connectivity index (χ0n) is 20.0. The van der Waals surface area contributed by atoms with Crippen molar-refractivity contribution in [3.63, 3.8) is 0 Å². The molecule has 0 spiro atoms. The topological polar surface area (TPSA) is 126 Å². The van der Waals surface area contributed by atoms with Crippen LogP contribution in [0.25, 0.3) is 11.2 Å². The molecule has 10 nitrogen and oxygen atoms in total. The maximum atomic E-state index is 14.3. The number of amides is 1. The Morgan fingerprint density at radius 2 is 1.86 bits per heavy atom. The first kappa shape index (κ1) is 25.2. The van der Waals surface area contributed by atoms with Gasteiger partial charge in [0.1, 0.15) is 17.0 Å². The van der Waals surface area contributed by atoms with Crippen molar-refractivity contribution < 1.29 is 27.8 Å². The molecule has 1 aliphatic carbocycles. The summed E-state index contributed by atoms with van der Waals surface area (Å²) in [4.78, 5) is 25.6. The van der Waals surface area contributed by atoms with Crippen molar-refractivity contribution in [2.45, 2.75) is 44.2 Å². The molecule has 1 amide bonds. The lowest BCUT2D eigenvalue weighted by Gasteiger charge is -2.28. The van der Waals surface area contributed by atoms with Crippen molar-refractivity contribution in [3.05, 3.63) is 35.8 Å². The van der Waals surface area contributed by atoms with Crippen molar-refractivity contribution in [2.75, 3.05) is 37.0 Å². The summed E-state index contributed by atoms with van der Waals surface area (Å²) in [5, 5.41) is 17.6. The average Bonchev–Trinajstić information content (AvgIpc) is 3.52. The summed E-state index contributed by atoms with van der Waals surface area (Å²) < 4.78 is 49.3. The van der Waals surface area contributed by atoms with Crippen molar-refractivity contribution in [2.24, 2.45) is 5.92 Å². The summed E-state index contributed by atoms with van der Waals surface area (Å²) in [6.45, 7) is 1.07. The lowest BCUT2D eigenvalue weighted by Crippen LogP contribution is -2.37. The fraction of sp³-hybridized carbons (Fsp3) is 0.500. The normalized spacial score (nSPS) is 21.8. The molecule has 1 aromatic carbocycles. The second-order valence-corrected chi connectivity index (χ2v) is 9.30. The van der Waals surface area contributed by atoms with Crippen LogP contribution in [0.1, 0.15) is 38.1 Å². The highest BCUT2D eigenvalue weighted by Crippen LogP contribution is 2.32. The van der Waals surface area contributed by atoms with E-state index in [-0.39, 0.29) is 43.0 Å². The molecule has 1 aliphatic heterocycles. The second-order valence-electron chi connectivity index (χ2n) is 9.30. The van der Waals surface area contributed by atoms with Gasteiger partial charge in [0, 0.05) is 37.2 Å². The first-order valence-corrected chi connectivity index (χ1v) is 12.3. The number of nitrogens with one attached hydrogen (secondary N) is 3. The Hall–Kier alpha value is -3.45. The lowest BCUT2D eigenvalue weighted by atomic mass is 9.85. The number of fused-ring (bicyclic) bond motifs is 1. The Morgan fingerprint density at radius 1 is 1.11 bits per heavy atom. The molecule has 0 bridgehead atoms. The number of aliphatic hydroxyl groups excluding tert-OH is 1. The van der Waals surface area contributed by atoms with Crippen molar-refractivity contribution >= 4 is 34.7 Å².